The number of benzene rings is 1. The lowest BCUT2D eigenvalue weighted by Crippen LogP contribution is -2.23. The van der Waals surface area contributed by atoms with E-state index >= 15 is 0 Å². The first-order valence-electron chi connectivity index (χ1n) is 8.16. The van der Waals surface area contributed by atoms with Crippen molar-refractivity contribution in [3.63, 3.8) is 0 Å². The van der Waals surface area contributed by atoms with Gasteiger partial charge in [0.1, 0.15) is 10.6 Å². The van der Waals surface area contributed by atoms with Crippen molar-refractivity contribution in [1.29, 1.82) is 0 Å². The molecule has 0 radical (unpaired) electrons. The van der Waals surface area contributed by atoms with Gasteiger partial charge < -0.3 is 10.1 Å². The summed E-state index contributed by atoms with van der Waals surface area (Å²) >= 11 is 1.37. The maximum absolute atomic E-state index is 12.1. The predicted octanol–water partition coefficient (Wildman–Crippen LogP) is 4.09. The minimum Gasteiger partial charge on any atom is -0.490 e. The fourth-order valence-corrected chi connectivity index (χ4v) is 3.61. The lowest BCUT2D eigenvalue weighted by molar-refractivity contribution is 0.0954. The van der Waals surface area contributed by atoms with Crippen LogP contribution in [0.15, 0.2) is 29.8 Å². The molecule has 23 heavy (non-hydrogen) atoms. The lowest BCUT2D eigenvalue weighted by atomic mass is 9.98. The van der Waals surface area contributed by atoms with Crippen LogP contribution >= 0.6 is 11.3 Å². The number of aryl methyl sites for hydroxylation is 1. The minimum atomic E-state index is -0.0661. The van der Waals surface area contributed by atoms with E-state index in [9.17, 15) is 4.79 Å². The van der Waals surface area contributed by atoms with E-state index in [2.05, 4.69) is 10.3 Å². The van der Waals surface area contributed by atoms with Crippen molar-refractivity contribution in [2.45, 2.75) is 51.7 Å². The van der Waals surface area contributed by atoms with Crippen LogP contribution in [-0.4, -0.2) is 17.0 Å². The second kappa shape index (κ2) is 7.59. The van der Waals surface area contributed by atoms with E-state index in [1.807, 2.05) is 31.2 Å². The largest absolute Gasteiger partial charge is 0.490 e. The Morgan fingerprint density at radius 2 is 2.17 bits per heavy atom. The van der Waals surface area contributed by atoms with E-state index in [4.69, 9.17) is 4.74 Å². The molecule has 4 nitrogen and oxygen atoms in total. The highest BCUT2D eigenvalue weighted by Gasteiger charge is 2.15. The van der Waals surface area contributed by atoms with Crippen molar-refractivity contribution in [3.05, 3.63) is 45.9 Å². The molecule has 1 heterocycles. The molecule has 122 valence electrons. The van der Waals surface area contributed by atoms with Crippen molar-refractivity contribution in [3.8, 4) is 5.75 Å². The quantitative estimate of drug-likeness (QED) is 0.898. The number of thiazole rings is 1. The van der Waals surface area contributed by atoms with E-state index in [0.717, 1.165) is 29.8 Å². The summed E-state index contributed by atoms with van der Waals surface area (Å²) in [5, 5.41) is 2.95. The molecule has 1 saturated carbocycles. The van der Waals surface area contributed by atoms with Crippen molar-refractivity contribution < 1.29 is 9.53 Å². The second-order valence-electron chi connectivity index (χ2n) is 5.97. The summed E-state index contributed by atoms with van der Waals surface area (Å²) in [4.78, 5) is 16.9. The first kappa shape index (κ1) is 16.0. The molecule has 0 unspecified atom stereocenters. The van der Waals surface area contributed by atoms with Crippen LogP contribution in [0.4, 0.5) is 0 Å². The van der Waals surface area contributed by atoms with E-state index < -0.39 is 0 Å². The number of nitrogens with one attached hydrogen (secondary N) is 1. The molecule has 0 bridgehead atoms. The van der Waals surface area contributed by atoms with Gasteiger partial charge in [0, 0.05) is 6.54 Å². The maximum atomic E-state index is 12.1. The van der Waals surface area contributed by atoms with Gasteiger partial charge in [-0.05, 0) is 50.3 Å². The topological polar surface area (TPSA) is 51.2 Å². The summed E-state index contributed by atoms with van der Waals surface area (Å²) in [5.41, 5.74) is 3.53. The molecule has 5 heteroatoms. The van der Waals surface area contributed by atoms with Crippen molar-refractivity contribution >= 4 is 17.2 Å². The molecule has 1 aliphatic rings. The van der Waals surface area contributed by atoms with Crippen molar-refractivity contribution in [1.82, 2.24) is 10.3 Å². The average Bonchev–Trinajstić information content (AvgIpc) is 3.00. The zero-order valence-corrected chi connectivity index (χ0v) is 14.2. The number of carbonyl (C=O) groups is 1. The maximum Gasteiger partial charge on any atom is 0.263 e. The summed E-state index contributed by atoms with van der Waals surface area (Å²) in [5.74, 6) is 0.834. The van der Waals surface area contributed by atoms with Crippen LogP contribution in [-0.2, 0) is 6.54 Å². The summed E-state index contributed by atoms with van der Waals surface area (Å²) in [7, 11) is 0. The van der Waals surface area contributed by atoms with Crippen LogP contribution in [0.3, 0.4) is 0 Å². The Labute approximate surface area is 140 Å². The van der Waals surface area contributed by atoms with Crippen LogP contribution in [0.2, 0.25) is 0 Å². The number of hydrogen-bond donors (Lipinski definition) is 1. The molecular formula is C18H22N2O2S. The van der Waals surface area contributed by atoms with Gasteiger partial charge in [0.2, 0.25) is 0 Å². The van der Waals surface area contributed by atoms with Gasteiger partial charge in [-0.2, -0.15) is 0 Å². The second-order valence-corrected chi connectivity index (χ2v) is 6.83. The Bertz CT molecular complexity index is 663. The Morgan fingerprint density at radius 3 is 2.91 bits per heavy atom. The fraction of sp³-hybridized carbons (Fsp3) is 0.444. The lowest BCUT2D eigenvalue weighted by Gasteiger charge is -2.23. The molecule has 1 fully saturated rings. The van der Waals surface area contributed by atoms with Crippen LogP contribution in [0.5, 0.6) is 5.75 Å². The van der Waals surface area contributed by atoms with E-state index in [0.29, 0.717) is 17.5 Å². The summed E-state index contributed by atoms with van der Waals surface area (Å²) in [6, 6.07) is 8.01. The minimum absolute atomic E-state index is 0.0661. The van der Waals surface area contributed by atoms with Gasteiger partial charge in [0.15, 0.2) is 0 Å². The highest BCUT2D eigenvalue weighted by Crippen LogP contribution is 2.24. The Hall–Kier alpha value is -1.88. The molecule has 1 amide bonds. The summed E-state index contributed by atoms with van der Waals surface area (Å²) in [6.07, 6.45) is 6.47. The number of hydrogen-bond acceptors (Lipinski definition) is 4. The van der Waals surface area contributed by atoms with Gasteiger partial charge >= 0.3 is 0 Å². The van der Waals surface area contributed by atoms with E-state index in [1.54, 1.807) is 5.51 Å². The van der Waals surface area contributed by atoms with Crippen molar-refractivity contribution in [2.24, 2.45) is 0 Å². The number of nitrogens with zero attached hydrogens (tertiary/aromatic N) is 1. The summed E-state index contributed by atoms with van der Waals surface area (Å²) in [6.45, 7) is 2.35. The van der Waals surface area contributed by atoms with Crippen molar-refractivity contribution in [2.75, 3.05) is 0 Å². The van der Waals surface area contributed by atoms with Gasteiger partial charge in [-0.3, -0.25) is 4.79 Å². The van der Waals surface area contributed by atoms with Gasteiger partial charge in [0.05, 0.1) is 17.3 Å². The molecule has 1 aromatic carbocycles. The zero-order valence-electron chi connectivity index (χ0n) is 13.4. The van der Waals surface area contributed by atoms with Gasteiger partial charge in [-0.15, -0.1) is 11.3 Å². The third-order valence-corrected chi connectivity index (χ3v) is 5.09. The van der Waals surface area contributed by atoms with Crippen LogP contribution in [0.25, 0.3) is 0 Å². The third-order valence-electron chi connectivity index (χ3n) is 4.16. The van der Waals surface area contributed by atoms with Crippen LogP contribution < -0.4 is 10.1 Å². The van der Waals surface area contributed by atoms with Gasteiger partial charge in [0.25, 0.3) is 5.91 Å². The molecule has 1 aliphatic carbocycles. The smallest absolute Gasteiger partial charge is 0.263 e. The Balaban J connectivity index is 1.57. The molecule has 1 N–H and O–H groups in total. The summed E-state index contributed by atoms with van der Waals surface area (Å²) < 4.78 is 6.07. The Morgan fingerprint density at radius 1 is 1.35 bits per heavy atom. The predicted molar refractivity (Wildman–Crippen MR) is 92.0 cm³/mol. The highest BCUT2D eigenvalue weighted by atomic mass is 32.1. The van der Waals surface area contributed by atoms with Gasteiger partial charge in [-0.1, -0.05) is 18.6 Å². The highest BCUT2D eigenvalue weighted by molar-refractivity contribution is 7.11. The standard InChI is InChI=1S/C18H22N2O2S/c1-13-17(23-12-20-13)18(21)19-11-14-6-5-9-16(10-14)22-15-7-3-2-4-8-15/h5-6,9-10,12,15H,2-4,7-8,11H2,1H3,(H,19,21). The molecule has 0 saturated heterocycles. The number of amides is 1. The SMILES string of the molecule is Cc1ncsc1C(=O)NCc1cccc(OC2CCCCC2)c1. The molecular weight excluding hydrogens is 308 g/mol. The molecule has 3 rings (SSSR count). The zero-order chi connectivity index (χ0) is 16.1. The third kappa shape index (κ3) is 4.32. The monoisotopic (exact) mass is 330 g/mol. The molecule has 2 aromatic rings. The van der Waals surface area contributed by atoms with Gasteiger partial charge in [-0.25, -0.2) is 4.98 Å². The van der Waals surface area contributed by atoms with Crippen LogP contribution in [0, 0.1) is 6.92 Å². The average molecular weight is 330 g/mol. The first-order chi connectivity index (χ1) is 11.2. The number of rotatable bonds is 5. The number of carbonyl (C=O) groups excluding carboxylic acids is 1. The van der Waals surface area contributed by atoms with E-state index in [-0.39, 0.29) is 5.91 Å². The molecule has 1 aromatic heterocycles. The van der Waals surface area contributed by atoms with E-state index in [1.165, 1.54) is 30.6 Å². The molecule has 0 atom stereocenters. The number of aromatic nitrogens is 1. The normalized spacial score (nSPS) is 15.3. The molecule has 0 spiro atoms. The molecule has 0 aliphatic heterocycles. The first-order valence-corrected chi connectivity index (χ1v) is 9.04. The van der Waals surface area contributed by atoms with Crippen LogP contribution in [0.1, 0.15) is 53.0 Å². The number of ether oxygens (including phenoxy) is 1. The Kier molecular flexibility index (Phi) is 5.28. The fourth-order valence-electron chi connectivity index (χ4n) is 2.89.